The molecule has 1 aliphatic heterocycles. The Kier molecular flexibility index (Phi) is 6.63. The fourth-order valence-electron chi connectivity index (χ4n) is 3.87. The van der Waals surface area contributed by atoms with Crippen LogP contribution in [0.5, 0.6) is 0 Å². The summed E-state index contributed by atoms with van der Waals surface area (Å²) in [5.41, 5.74) is 3.95. The van der Waals surface area contributed by atoms with Crippen molar-refractivity contribution in [3.05, 3.63) is 88.4 Å². The van der Waals surface area contributed by atoms with E-state index in [1.807, 2.05) is 50.2 Å². The second kappa shape index (κ2) is 9.45. The Balaban J connectivity index is 1.41. The van der Waals surface area contributed by atoms with E-state index in [0.717, 1.165) is 16.8 Å². The number of sulfonamides is 1. The lowest BCUT2D eigenvalue weighted by molar-refractivity contribution is 0.0746. The van der Waals surface area contributed by atoms with E-state index in [0.29, 0.717) is 42.5 Å². The van der Waals surface area contributed by atoms with Crippen LogP contribution in [0, 0.1) is 13.8 Å². The number of hydrogen-bond donors (Lipinski definition) is 1. The summed E-state index contributed by atoms with van der Waals surface area (Å²) in [6.07, 6.45) is 0. The van der Waals surface area contributed by atoms with Gasteiger partial charge in [-0.15, -0.1) is 0 Å². The molecule has 3 aromatic rings. The Bertz CT molecular complexity index is 1270. The molecule has 33 heavy (non-hydrogen) atoms. The summed E-state index contributed by atoms with van der Waals surface area (Å²) >= 11 is 6.09. The quantitative estimate of drug-likeness (QED) is 0.570. The number of nitrogens with zero attached hydrogens (tertiary/aromatic N) is 2. The van der Waals surface area contributed by atoms with Crippen LogP contribution in [0.4, 0.5) is 11.4 Å². The predicted octanol–water partition coefficient (Wildman–Crippen LogP) is 4.72. The molecule has 1 N–H and O–H groups in total. The predicted molar refractivity (Wildman–Crippen MR) is 133 cm³/mol. The van der Waals surface area contributed by atoms with Crippen molar-refractivity contribution in [2.24, 2.45) is 0 Å². The van der Waals surface area contributed by atoms with Crippen LogP contribution in [-0.2, 0) is 10.0 Å². The Labute approximate surface area is 199 Å². The first-order valence-corrected chi connectivity index (χ1v) is 12.6. The lowest BCUT2D eigenvalue weighted by atomic mass is 10.1. The molecule has 0 saturated carbocycles. The minimum absolute atomic E-state index is 0.104. The first kappa shape index (κ1) is 23.1. The third kappa shape index (κ3) is 5.15. The number of piperazine rings is 1. The second-order valence-electron chi connectivity index (χ2n) is 8.14. The summed E-state index contributed by atoms with van der Waals surface area (Å²) in [4.78, 5) is 17.1. The van der Waals surface area contributed by atoms with Gasteiger partial charge in [0, 0.05) is 42.5 Å². The molecule has 0 spiro atoms. The van der Waals surface area contributed by atoms with Crippen molar-refractivity contribution >= 4 is 38.9 Å². The highest BCUT2D eigenvalue weighted by molar-refractivity contribution is 7.92. The van der Waals surface area contributed by atoms with Crippen LogP contribution in [0.15, 0.2) is 71.6 Å². The number of hydrogen-bond acceptors (Lipinski definition) is 4. The van der Waals surface area contributed by atoms with Gasteiger partial charge in [0.15, 0.2) is 0 Å². The third-order valence-electron chi connectivity index (χ3n) is 6.00. The van der Waals surface area contributed by atoms with Crippen LogP contribution >= 0.6 is 11.6 Å². The number of amides is 1. The fraction of sp³-hybridized carbons (Fsp3) is 0.240. The summed E-state index contributed by atoms with van der Waals surface area (Å²) in [5.74, 6) is -0.104. The second-order valence-corrected chi connectivity index (χ2v) is 10.3. The average molecular weight is 484 g/mol. The molecule has 0 bridgehead atoms. The average Bonchev–Trinajstić information content (AvgIpc) is 2.82. The highest BCUT2D eigenvalue weighted by Gasteiger charge is 2.23. The SMILES string of the molecule is Cc1cccc(NS(=O)(=O)c2ccc(C(=O)N3CCN(c4cccc(Cl)c4)CC3)cc2)c1C. The smallest absolute Gasteiger partial charge is 0.261 e. The van der Waals surface area contributed by atoms with E-state index >= 15 is 0 Å². The monoisotopic (exact) mass is 483 g/mol. The van der Waals surface area contributed by atoms with Gasteiger partial charge in [0.25, 0.3) is 15.9 Å². The van der Waals surface area contributed by atoms with Crippen LogP contribution in [0.2, 0.25) is 5.02 Å². The van der Waals surface area contributed by atoms with Gasteiger partial charge in [0.05, 0.1) is 10.6 Å². The molecule has 1 saturated heterocycles. The lowest BCUT2D eigenvalue weighted by Crippen LogP contribution is -2.48. The van der Waals surface area contributed by atoms with E-state index in [1.165, 1.54) is 12.1 Å². The standard InChI is InChI=1S/C25H26ClN3O3S/c1-18-5-3-8-24(19(18)2)27-33(31,32)23-11-9-20(10-12-23)25(30)29-15-13-28(14-16-29)22-7-4-6-21(26)17-22/h3-12,17,27H,13-16H2,1-2H3. The van der Waals surface area contributed by atoms with Crippen molar-refractivity contribution in [1.82, 2.24) is 4.90 Å². The number of aryl methyl sites for hydroxylation is 1. The van der Waals surface area contributed by atoms with E-state index in [9.17, 15) is 13.2 Å². The summed E-state index contributed by atoms with van der Waals surface area (Å²) in [6, 6.07) is 19.3. The molecule has 1 aliphatic rings. The van der Waals surface area contributed by atoms with E-state index in [4.69, 9.17) is 11.6 Å². The maximum atomic E-state index is 13.0. The molecule has 6 nitrogen and oxygen atoms in total. The summed E-state index contributed by atoms with van der Waals surface area (Å²) in [5, 5.41) is 0.688. The largest absolute Gasteiger partial charge is 0.368 e. The van der Waals surface area contributed by atoms with Crippen LogP contribution in [0.25, 0.3) is 0 Å². The molecule has 8 heteroatoms. The van der Waals surface area contributed by atoms with Gasteiger partial charge < -0.3 is 9.80 Å². The van der Waals surface area contributed by atoms with Crippen molar-refractivity contribution < 1.29 is 13.2 Å². The van der Waals surface area contributed by atoms with Gasteiger partial charge in [-0.1, -0.05) is 29.8 Å². The Hall–Kier alpha value is -3.03. The Morgan fingerprint density at radius 3 is 2.24 bits per heavy atom. The fourth-order valence-corrected chi connectivity index (χ4v) is 5.17. The number of carbonyl (C=O) groups is 1. The number of nitrogens with one attached hydrogen (secondary N) is 1. The number of rotatable bonds is 5. The maximum Gasteiger partial charge on any atom is 0.261 e. The van der Waals surface area contributed by atoms with Crippen molar-refractivity contribution in [3.8, 4) is 0 Å². The number of carbonyl (C=O) groups excluding carboxylic acids is 1. The van der Waals surface area contributed by atoms with Gasteiger partial charge in [-0.2, -0.15) is 0 Å². The molecule has 0 atom stereocenters. The van der Waals surface area contributed by atoms with Crippen LogP contribution in [0.1, 0.15) is 21.5 Å². The topological polar surface area (TPSA) is 69.7 Å². The molecule has 3 aromatic carbocycles. The number of halogens is 1. The van der Waals surface area contributed by atoms with Crippen LogP contribution in [0.3, 0.4) is 0 Å². The van der Waals surface area contributed by atoms with Gasteiger partial charge in [0.1, 0.15) is 0 Å². The zero-order valence-corrected chi connectivity index (χ0v) is 20.2. The van der Waals surface area contributed by atoms with Gasteiger partial charge in [-0.25, -0.2) is 8.42 Å². The summed E-state index contributed by atoms with van der Waals surface area (Å²) < 4.78 is 28.3. The molecule has 0 radical (unpaired) electrons. The molecule has 1 heterocycles. The maximum absolute atomic E-state index is 13.0. The van der Waals surface area contributed by atoms with E-state index in [1.54, 1.807) is 23.1 Å². The van der Waals surface area contributed by atoms with Gasteiger partial charge in [-0.05, 0) is 73.5 Å². The zero-order chi connectivity index (χ0) is 23.6. The van der Waals surface area contributed by atoms with Gasteiger partial charge in [-0.3, -0.25) is 9.52 Å². The zero-order valence-electron chi connectivity index (χ0n) is 18.6. The van der Waals surface area contributed by atoms with Crippen molar-refractivity contribution in [2.75, 3.05) is 35.8 Å². The minimum Gasteiger partial charge on any atom is -0.368 e. The Morgan fingerprint density at radius 1 is 0.909 bits per heavy atom. The van der Waals surface area contributed by atoms with Crippen LogP contribution < -0.4 is 9.62 Å². The summed E-state index contributed by atoms with van der Waals surface area (Å²) in [6.45, 7) is 6.39. The lowest BCUT2D eigenvalue weighted by Gasteiger charge is -2.36. The first-order valence-electron chi connectivity index (χ1n) is 10.7. The van der Waals surface area contributed by atoms with Crippen LogP contribution in [-0.4, -0.2) is 45.4 Å². The molecule has 0 unspecified atom stereocenters. The number of benzene rings is 3. The first-order chi connectivity index (χ1) is 15.7. The Morgan fingerprint density at radius 2 is 1.58 bits per heavy atom. The van der Waals surface area contributed by atoms with Gasteiger partial charge in [0.2, 0.25) is 0 Å². The van der Waals surface area contributed by atoms with E-state index in [2.05, 4.69) is 9.62 Å². The van der Waals surface area contributed by atoms with Crippen molar-refractivity contribution in [3.63, 3.8) is 0 Å². The molecule has 172 valence electrons. The van der Waals surface area contributed by atoms with Gasteiger partial charge >= 0.3 is 0 Å². The highest BCUT2D eigenvalue weighted by atomic mass is 35.5. The molecule has 0 aliphatic carbocycles. The molecular formula is C25H26ClN3O3S. The van der Waals surface area contributed by atoms with Crippen molar-refractivity contribution in [2.45, 2.75) is 18.7 Å². The number of anilines is 2. The third-order valence-corrected chi connectivity index (χ3v) is 7.62. The summed E-state index contributed by atoms with van der Waals surface area (Å²) in [7, 11) is -3.75. The van der Waals surface area contributed by atoms with Crippen molar-refractivity contribution in [1.29, 1.82) is 0 Å². The molecule has 1 fully saturated rings. The molecule has 4 rings (SSSR count). The highest BCUT2D eigenvalue weighted by Crippen LogP contribution is 2.24. The normalized spacial score (nSPS) is 14.3. The molecular weight excluding hydrogens is 458 g/mol. The van der Waals surface area contributed by atoms with E-state index in [-0.39, 0.29) is 10.8 Å². The molecule has 0 aromatic heterocycles. The molecule has 1 amide bonds. The minimum atomic E-state index is -3.75. The van der Waals surface area contributed by atoms with E-state index < -0.39 is 10.0 Å².